The molecule has 0 aliphatic heterocycles. The molecule has 0 aliphatic rings. The van der Waals surface area contributed by atoms with Crippen molar-refractivity contribution < 1.29 is 19.4 Å². The number of nitrogens with one attached hydrogen (secondary N) is 1. The van der Waals surface area contributed by atoms with Crippen molar-refractivity contribution in [1.29, 1.82) is 0 Å². The van der Waals surface area contributed by atoms with Crippen molar-refractivity contribution in [1.82, 2.24) is 0 Å². The van der Waals surface area contributed by atoms with Gasteiger partial charge in [-0.3, -0.25) is 4.79 Å². The first-order chi connectivity index (χ1) is 9.95. The summed E-state index contributed by atoms with van der Waals surface area (Å²) < 4.78 is 6.14. The number of aryl methyl sites for hydroxylation is 1. The Hall–Kier alpha value is -1.86. The number of carboxylic acids is 1. The van der Waals surface area contributed by atoms with Crippen LogP contribution in [0.4, 0.5) is 5.69 Å². The lowest BCUT2D eigenvalue weighted by Crippen LogP contribution is -2.20. The zero-order valence-corrected chi connectivity index (χ0v) is 13.5. The molecule has 7 heteroatoms. The summed E-state index contributed by atoms with van der Waals surface area (Å²) in [5.41, 5.74) is 0.637. The highest BCUT2D eigenvalue weighted by Crippen LogP contribution is 2.28. The number of hydrogen-bond donors (Lipinski definition) is 2. The smallest absolute Gasteiger partial charge is 0.349 e. The first-order valence-electron chi connectivity index (χ1n) is 5.97. The second-order valence-corrected chi connectivity index (χ2v) is 6.37. The molecule has 110 valence electrons. The highest BCUT2D eigenvalue weighted by molar-refractivity contribution is 9.10. The molecule has 0 aliphatic carbocycles. The summed E-state index contributed by atoms with van der Waals surface area (Å²) in [5.74, 6) is -1.20. The van der Waals surface area contributed by atoms with E-state index in [-0.39, 0.29) is 23.1 Å². The molecule has 0 bridgehead atoms. The average Bonchev–Trinajstić information content (AvgIpc) is 2.78. The number of hydrogen-bond acceptors (Lipinski definition) is 4. The van der Waals surface area contributed by atoms with Crippen LogP contribution >= 0.6 is 27.3 Å². The maximum atomic E-state index is 11.8. The molecule has 0 radical (unpaired) electrons. The lowest BCUT2D eigenvalue weighted by Gasteiger charge is -2.07. The molecule has 0 saturated carbocycles. The van der Waals surface area contributed by atoms with Crippen LogP contribution in [0.3, 0.4) is 0 Å². The molecule has 2 rings (SSSR count). The molecule has 1 aromatic carbocycles. The first kappa shape index (κ1) is 15.5. The van der Waals surface area contributed by atoms with Crippen molar-refractivity contribution in [3.63, 3.8) is 0 Å². The topological polar surface area (TPSA) is 75.6 Å². The Kier molecular flexibility index (Phi) is 4.98. The number of thiophene rings is 1. The lowest BCUT2D eigenvalue weighted by atomic mass is 10.3. The fourth-order valence-electron chi connectivity index (χ4n) is 1.65. The van der Waals surface area contributed by atoms with Gasteiger partial charge in [-0.1, -0.05) is 22.0 Å². The van der Waals surface area contributed by atoms with Gasteiger partial charge in [0.15, 0.2) is 11.5 Å². The number of amides is 1. The van der Waals surface area contributed by atoms with Crippen molar-refractivity contribution in [2.45, 2.75) is 6.92 Å². The molecule has 1 heterocycles. The maximum Gasteiger partial charge on any atom is 0.349 e. The summed E-state index contributed by atoms with van der Waals surface area (Å²) in [6, 6.07) is 8.76. The lowest BCUT2D eigenvalue weighted by molar-refractivity contribution is -0.118. The summed E-state index contributed by atoms with van der Waals surface area (Å²) in [4.78, 5) is 23.7. The van der Waals surface area contributed by atoms with E-state index >= 15 is 0 Å². The molecule has 0 unspecified atom stereocenters. The zero-order chi connectivity index (χ0) is 15.4. The number of carboxylic acid groups (broad SMARTS) is 1. The Morgan fingerprint density at radius 3 is 2.81 bits per heavy atom. The van der Waals surface area contributed by atoms with Gasteiger partial charge in [-0.15, -0.1) is 11.3 Å². The summed E-state index contributed by atoms with van der Waals surface area (Å²) in [6.45, 7) is 1.54. The Morgan fingerprint density at radius 2 is 2.14 bits per heavy atom. The fourth-order valence-corrected chi connectivity index (χ4v) is 2.85. The first-order valence-corrected chi connectivity index (χ1v) is 7.58. The van der Waals surface area contributed by atoms with Gasteiger partial charge >= 0.3 is 5.97 Å². The quantitative estimate of drug-likeness (QED) is 0.844. The summed E-state index contributed by atoms with van der Waals surface area (Å²) in [5, 5.41) is 11.7. The Balaban J connectivity index is 1.97. The fraction of sp³-hybridized carbons (Fsp3) is 0.143. The normalized spacial score (nSPS) is 10.2. The minimum absolute atomic E-state index is 0.0998. The van der Waals surface area contributed by atoms with Crippen LogP contribution in [0.5, 0.6) is 5.75 Å². The second-order valence-electron chi connectivity index (χ2n) is 4.20. The Bertz CT molecular complexity index is 683. The molecular formula is C14H12BrNO4S. The van der Waals surface area contributed by atoms with Crippen LogP contribution in [0.1, 0.15) is 14.5 Å². The molecule has 1 aromatic heterocycles. The number of ether oxygens (including phenoxy) is 1. The Labute approximate surface area is 133 Å². The standard InChI is InChI=1S/C14H12BrNO4S/c1-8-5-11(13(21-8)14(18)19)20-7-12(17)16-10-4-2-3-9(15)6-10/h2-6H,7H2,1H3,(H,16,17)(H,18,19). The molecule has 0 atom stereocenters. The SMILES string of the molecule is Cc1cc(OCC(=O)Nc2cccc(Br)c2)c(C(=O)O)s1. The van der Waals surface area contributed by atoms with Gasteiger partial charge in [0.05, 0.1) is 0 Å². The third-order valence-corrected chi connectivity index (χ3v) is 4.00. The predicted molar refractivity (Wildman–Crippen MR) is 84.3 cm³/mol. The zero-order valence-electron chi connectivity index (χ0n) is 11.1. The number of aromatic carboxylic acids is 1. The maximum absolute atomic E-state index is 11.8. The monoisotopic (exact) mass is 369 g/mol. The van der Waals surface area contributed by atoms with E-state index in [1.54, 1.807) is 31.2 Å². The molecule has 0 spiro atoms. The van der Waals surface area contributed by atoms with Crippen LogP contribution in [0.2, 0.25) is 0 Å². The third-order valence-electron chi connectivity index (χ3n) is 2.48. The van der Waals surface area contributed by atoms with Gasteiger partial charge < -0.3 is 15.2 Å². The largest absolute Gasteiger partial charge is 0.482 e. The van der Waals surface area contributed by atoms with E-state index in [1.807, 2.05) is 6.07 Å². The molecule has 0 saturated heterocycles. The Morgan fingerprint density at radius 1 is 1.38 bits per heavy atom. The molecule has 21 heavy (non-hydrogen) atoms. The molecule has 1 amide bonds. The van der Waals surface area contributed by atoms with Crippen molar-refractivity contribution in [3.8, 4) is 5.75 Å². The van der Waals surface area contributed by atoms with Gasteiger partial charge in [-0.25, -0.2) is 4.79 Å². The van der Waals surface area contributed by atoms with E-state index in [1.165, 1.54) is 0 Å². The third kappa shape index (κ3) is 4.30. The van der Waals surface area contributed by atoms with E-state index in [0.29, 0.717) is 5.69 Å². The van der Waals surface area contributed by atoms with Gasteiger partial charge in [0.1, 0.15) is 5.75 Å². The average molecular weight is 370 g/mol. The minimum atomic E-state index is -1.06. The number of carbonyl (C=O) groups excluding carboxylic acids is 1. The van der Waals surface area contributed by atoms with Crippen molar-refractivity contribution in [2.24, 2.45) is 0 Å². The van der Waals surface area contributed by atoms with Crippen LogP contribution in [0, 0.1) is 6.92 Å². The number of rotatable bonds is 5. The van der Waals surface area contributed by atoms with E-state index in [0.717, 1.165) is 20.7 Å². The molecule has 2 N–H and O–H groups in total. The van der Waals surface area contributed by atoms with Gasteiger partial charge in [-0.05, 0) is 31.2 Å². The summed E-state index contributed by atoms with van der Waals surface area (Å²) >= 11 is 4.43. The minimum Gasteiger partial charge on any atom is -0.482 e. The highest BCUT2D eigenvalue weighted by Gasteiger charge is 2.16. The van der Waals surface area contributed by atoms with Crippen LogP contribution < -0.4 is 10.1 Å². The van der Waals surface area contributed by atoms with Crippen molar-refractivity contribution in [3.05, 3.63) is 44.6 Å². The highest BCUT2D eigenvalue weighted by atomic mass is 79.9. The number of carbonyl (C=O) groups is 2. The molecule has 2 aromatic rings. The van der Waals surface area contributed by atoms with Crippen molar-refractivity contribution >= 4 is 44.8 Å². The van der Waals surface area contributed by atoms with Gasteiger partial charge in [0, 0.05) is 15.0 Å². The molecule has 5 nitrogen and oxygen atoms in total. The summed E-state index contributed by atoms with van der Waals surface area (Å²) in [7, 11) is 0. The van der Waals surface area contributed by atoms with Crippen LogP contribution in [-0.2, 0) is 4.79 Å². The van der Waals surface area contributed by atoms with E-state index < -0.39 is 5.97 Å². The summed E-state index contributed by atoms with van der Waals surface area (Å²) in [6.07, 6.45) is 0. The van der Waals surface area contributed by atoms with E-state index in [2.05, 4.69) is 21.2 Å². The van der Waals surface area contributed by atoms with E-state index in [4.69, 9.17) is 9.84 Å². The second kappa shape index (κ2) is 6.73. The van der Waals surface area contributed by atoms with Gasteiger partial charge in [-0.2, -0.15) is 0 Å². The number of halogens is 1. The van der Waals surface area contributed by atoms with Crippen molar-refractivity contribution in [2.75, 3.05) is 11.9 Å². The van der Waals surface area contributed by atoms with Crippen LogP contribution in [-0.4, -0.2) is 23.6 Å². The van der Waals surface area contributed by atoms with Gasteiger partial charge in [0.2, 0.25) is 0 Å². The van der Waals surface area contributed by atoms with Crippen LogP contribution in [0.25, 0.3) is 0 Å². The predicted octanol–water partition coefficient (Wildman–Crippen LogP) is 3.53. The van der Waals surface area contributed by atoms with Crippen LogP contribution in [0.15, 0.2) is 34.8 Å². The number of anilines is 1. The molecule has 0 fully saturated rings. The van der Waals surface area contributed by atoms with Gasteiger partial charge in [0.25, 0.3) is 5.91 Å². The number of benzene rings is 1. The molecular weight excluding hydrogens is 358 g/mol. The van der Waals surface area contributed by atoms with E-state index in [9.17, 15) is 9.59 Å².